The van der Waals surface area contributed by atoms with E-state index < -0.39 is 0 Å². The number of aryl methyl sites for hydroxylation is 2. The van der Waals surface area contributed by atoms with Crippen molar-refractivity contribution in [2.75, 3.05) is 44.2 Å². The Balaban J connectivity index is 1.07. The predicted molar refractivity (Wildman–Crippen MR) is 109 cm³/mol. The van der Waals surface area contributed by atoms with Gasteiger partial charge in [0.25, 0.3) is 0 Å². The minimum atomic E-state index is 0.341. The molecule has 2 heterocycles. The Morgan fingerprint density at radius 3 is 2.39 bits per heavy atom. The Bertz CT molecular complexity index is 756. The normalized spacial score (nSPS) is 33.8. The summed E-state index contributed by atoms with van der Waals surface area (Å²) in [6, 6.07) is 0. The number of nitrogens with zero attached hydrogens (tertiary/aromatic N) is 4. The molecule has 28 heavy (non-hydrogen) atoms. The van der Waals surface area contributed by atoms with Gasteiger partial charge in [0.1, 0.15) is 11.6 Å². The predicted octanol–water partition coefficient (Wildman–Crippen LogP) is 1.93. The Labute approximate surface area is 168 Å². The van der Waals surface area contributed by atoms with Crippen LogP contribution in [0, 0.1) is 50.4 Å². The third-order valence-corrected chi connectivity index (χ3v) is 7.91. The summed E-state index contributed by atoms with van der Waals surface area (Å²) in [7, 11) is 0. The van der Waals surface area contributed by atoms with Gasteiger partial charge in [0.2, 0.25) is 5.91 Å². The van der Waals surface area contributed by atoms with Gasteiger partial charge in [-0.1, -0.05) is 0 Å². The van der Waals surface area contributed by atoms with Gasteiger partial charge >= 0.3 is 0 Å². The summed E-state index contributed by atoms with van der Waals surface area (Å²) in [5.41, 5.74) is 2.26. The SMILES string of the molecule is Cc1nc(C)c(C)c(N2CCN(CCNC(=O)C3[C@@H]4[C@H]5CC[C@H](C5)[C@H]34)CC2)n1. The average Bonchev–Trinajstić information content (AvgIpc) is 3.12. The van der Waals surface area contributed by atoms with Crippen molar-refractivity contribution in [2.24, 2.45) is 29.6 Å². The van der Waals surface area contributed by atoms with E-state index in [0.717, 1.165) is 80.3 Å². The molecule has 1 saturated heterocycles. The molecule has 1 amide bonds. The molecule has 2 bridgehead atoms. The van der Waals surface area contributed by atoms with E-state index in [1.54, 1.807) is 0 Å². The number of anilines is 1. The van der Waals surface area contributed by atoms with E-state index in [1.807, 2.05) is 6.92 Å². The molecule has 1 aliphatic heterocycles. The van der Waals surface area contributed by atoms with Crippen molar-refractivity contribution in [2.45, 2.75) is 40.0 Å². The number of hydrogen-bond donors (Lipinski definition) is 1. The van der Waals surface area contributed by atoms with Crippen LogP contribution in [-0.4, -0.2) is 60.0 Å². The van der Waals surface area contributed by atoms with Crippen molar-refractivity contribution in [3.05, 3.63) is 17.1 Å². The number of piperazine rings is 1. The van der Waals surface area contributed by atoms with Crippen molar-refractivity contribution >= 4 is 11.7 Å². The van der Waals surface area contributed by atoms with Crippen LogP contribution in [0.25, 0.3) is 0 Å². The quantitative estimate of drug-likeness (QED) is 0.842. The number of nitrogens with one attached hydrogen (secondary N) is 1. The number of fused-ring (bicyclic) bond motifs is 5. The van der Waals surface area contributed by atoms with Crippen LogP contribution in [-0.2, 0) is 4.79 Å². The van der Waals surface area contributed by atoms with Crippen molar-refractivity contribution < 1.29 is 4.79 Å². The number of carbonyl (C=O) groups excluding carboxylic acids is 1. The van der Waals surface area contributed by atoms with Crippen molar-refractivity contribution in [1.82, 2.24) is 20.2 Å². The minimum absolute atomic E-state index is 0.341. The van der Waals surface area contributed by atoms with Crippen molar-refractivity contribution in [3.63, 3.8) is 0 Å². The van der Waals surface area contributed by atoms with Gasteiger partial charge < -0.3 is 10.2 Å². The number of amides is 1. The molecule has 5 atom stereocenters. The van der Waals surface area contributed by atoms with E-state index in [1.165, 1.54) is 24.8 Å². The van der Waals surface area contributed by atoms with Crippen LogP contribution in [0.2, 0.25) is 0 Å². The molecule has 3 aliphatic carbocycles. The second kappa shape index (κ2) is 6.97. The third kappa shape index (κ3) is 3.10. The van der Waals surface area contributed by atoms with Gasteiger partial charge in [-0.3, -0.25) is 9.69 Å². The lowest BCUT2D eigenvalue weighted by Crippen LogP contribution is -2.49. The zero-order valence-electron chi connectivity index (χ0n) is 17.4. The highest BCUT2D eigenvalue weighted by molar-refractivity contribution is 5.82. The first-order chi connectivity index (χ1) is 13.5. The molecule has 3 saturated carbocycles. The maximum Gasteiger partial charge on any atom is 0.223 e. The third-order valence-electron chi connectivity index (χ3n) is 7.91. The first-order valence-corrected chi connectivity index (χ1v) is 11.1. The molecule has 1 aromatic rings. The number of carbonyl (C=O) groups is 1. The average molecular weight is 384 g/mol. The maximum atomic E-state index is 12.6. The summed E-state index contributed by atoms with van der Waals surface area (Å²) in [6.07, 6.45) is 4.17. The Morgan fingerprint density at radius 1 is 1.04 bits per heavy atom. The molecular weight excluding hydrogens is 350 g/mol. The monoisotopic (exact) mass is 383 g/mol. The molecule has 6 heteroatoms. The van der Waals surface area contributed by atoms with Crippen LogP contribution in [0.1, 0.15) is 36.3 Å². The van der Waals surface area contributed by atoms with Crippen LogP contribution >= 0.6 is 0 Å². The summed E-state index contributed by atoms with van der Waals surface area (Å²) in [5, 5.41) is 3.24. The van der Waals surface area contributed by atoms with E-state index >= 15 is 0 Å². The second-order valence-electron chi connectivity index (χ2n) is 9.44. The highest BCUT2D eigenvalue weighted by Gasteiger charge is 2.67. The molecular formula is C22H33N5O. The van der Waals surface area contributed by atoms with E-state index in [4.69, 9.17) is 0 Å². The van der Waals surface area contributed by atoms with E-state index in [-0.39, 0.29) is 0 Å². The summed E-state index contributed by atoms with van der Waals surface area (Å²) < 4.78 is 0. The van der Waals surface area contributed by atoms with E-state index in [2.05, 4.69) is 38.9 Å². The van der Waals surface area contributed by atoms with Crippen LogP contribution in [0.4, 0.5) is 5.82 Å². The van der Waals surface area contributed by atoms with E-state index in [0.29, 0.717) is 11.8 Å². The van der Waals surface area contributed by atoms with Crippen molar-refractivity contribution in [1.29, 1.82) is 0 Å². The van der Waals surface area contributed by atoms with Gasteiger partial charge in [0.05, 0.1) is 0 Å². The molecule has 0 spiro atoms. The molecule has 0 aromatic carbocycles. The smallest absolute Gasteiger partial charge is 0.223 e. The summed E-state index contributed by atoms with van der Waals surface area (Å²) >= 11 is 0. The van der Waals surface area contributed by atoms with Crippen LogP contribution in [0.5, 0.6) is 0 Å². The first kappa shape index (κ1) is 18.3. The molecule has 4 aliphatic rings. The minimum Gasteiger partial charge on any atom is -0.355 e. The summed E-state index contributed by atoms with van der Waals surface area (Å²) in [5.74, 6) is 5.86. The molecule has 1 unspecified atom stereocenters. The van der Waals surface area contributed by atoms with Crippen LogP contribution in [0.15, 0.2) is 0 Å². The van der Waals surface area contributed by atoms with Gasteiger partial charge in [-0.2, -0.15) is 0 Å². The fourth-order valence-electron chi connectivity index (χ4n) is 6.37. The standard InChI is InChI=1S/C22H33N5O/c1-13-14(2)24-15(3)25-21(13)27-10-8-26(9-11-27)7-6-23-22(28)20-18-16-4-5-17(12-16)19(18)20/h16-20H,4-12H2,1-3H3,(H,23,28)/t16-,17+,18+,19-,20?. The van der Waals surface area contributed by atoms with Gasteiger partial charge in [-0.15, -0.1) is 0 Å². The number of aromatic nitrogens is 2. The van der Waals surface area contributed by atoms with E-state index in [9.17, 15) is 4.79 Å². The van der Waals surface area contributed by atoms with Gasteiger partial charge in [-0.25, -0.2) is 9.97 Å². The van der Waals surface area contributed by atoms with Gasteiger partial charge in [-0.05, 0) is 63.7 Å². The summed E-state index contributed by atoms with van der Waals surface area (Å²) in [4.78, 5) is 26.6. The molecule has 0 radical (unpaired) electrons. The van der Waals surface area contributed by atoms with Gasteiger partial charge in [0.15, 0.2) is 0 Å². The zero-order valence-corrected chi connectivity index (χ0v) is 17.4. The fourth-order valence-corrected chi connectivity index (χ4v) is 6.37. The maximum absolute atomic E-state index is 12.6. The molecule has 1 aromatic heterocycles. The first-order valence-electron chi connectivity index (χ1n) is 11.1. The van der Waals surface area contributed by atoms with Crippen molar-refractivity contribution in [3.8, 4) is 0 Å². The molecule has 152 valence electrons. The second-order valence-corrected chi connectivity index (χ2v) is 9.44. The largest absolute Gasteiger partial charge is 0.355 e. The lowest BCUT2D eigenvalue weighted by atomic mass is 10.0. The Kier molecular flexibility index (Phi) is 4.57. The molecule has 4 fully saturated rings. The lowest BCUT2D eigenvalue weighted by Gasteiger charge is -2.36. The highest BCUT2D eigenvalue weighted by atomic mass is 16.2. The highest BCUT2D eigenvalue weighted by Crippen LogP contribution is 2.69. The topological polar surface area (TPSA) is 61.4 Å². The number of rotatable bonds is 5. The van der Waals surface area contributed by atoms with Gasteiger partial charge in [0, 0.05) is 56.4 Å². The number of hydrogen-bond acceptors (Lipinski definition) is 5. The van der Waals surface area contributed by atoms with Crippen LogP contribution in [0.3, 0.4) is 0 Å². The fraction of sp³-hybridized carbons (Fsp3) is 0.773. The summed E-state index contributed by atoms with van der Waals surface area (Å²) in [6.45, 7) is 11.9. The Morgan fingerprint density at radius 2 is 1.71 bits per heavy atom. The Hall–Kier alpha value is -1.69. The molecule has 5 rings (SSSR count). The molecule has 1 N–H and O–H groups in total. The lowest BCUT2D eigenvalue weighted by molar-refractivity contribution is -0.123. The zero-order chi connectivity index (χ0) is 19.4. The van der Waals surface area contributed by atoms with Crippen LogP contribution < -0.4 is 10.2 Å². The molecule has 6 nitrogen and oxygen atoms in total.